The van der Waals surface area contributed by atoms with Crippen LogP contribution >= 0.6 is 0 Å². The highest BCUT2D eigenvalue weighted by atomic mass is 15.1. The molecule has 1 nitrogen and oxygen atoms in total. The first kappa shape index (κ1) is 25.0. The second-order valence-electron chi connectivity index (χ2n) is 9.57. The van der Waals surface area contributed by atoms with Crippen molar-refractivity contribution in [2.24, 2.45) is 17.8 Å². The summed E-state index contributed by atoms with van der Waals surface area (Å²) in [5.41, 5.74) is 0. The zero-order valence-corrected chi connectivity index (χ0v) is 18.8. The summed E-state index contributed by atoms with van der Waals surface area (Å²) in [6.07, 6.45) is 17.0. The van der Waals surface area contributed by atoms with Crippen molar-refractivity contribution in [2.75, 3.05) is 19.6 Å². The van der Waals surface area contributed by atoms with Gasteiger partial charge in [0, 0.05) is 0 Å². The highest BCUT2D eigenvalue weighted by Crippen LogP contribution is 2.13. The maximum atomic E-state index is 2.78. The molecular weight excluding hydrogens is 302 g/mol. The van der Waals surface area contributed by atoms with Crippen LogP contribution in [-0.2, 0) is 0 Å². The van der Waals surface area contributed by atoms with E-state index in [1.54, 1.807) is 0 Å². The van der Waals surface area contributed by atoms with Gasteiger partial charge in [0.25, 0.3) is 0 Å². The Hall–Kier alpha value is -0.0400. The average molecular weight is 354 g/mol. The predicted molar refractivity (Wildman–Crippen MR) is 116 cm³/mol. The van der Waals surface area contributed by atoms with E-state index in [2.05, 4.69) is 46.4 Å². The Morgan fingerprint density at radius 3 is 0.920 bits per heavy atom. The third-order valence-corrected chi connectivity index (χ3v) is 5.27. The van der Waals surface area contributed by atoms with Gasteiger partial charge in [-0.05, 0) is 56.7 Å². The highest BCUT2D eigenvalue weighted by molar-refractivity contribution is 4.61. The van der Waals surface area contributed by atoms with Crippen molar-refractivity contribution in [1.82, 2.24) is 4.90 Å². The van der Waals surface area contributed by atoms with E-state index in [1.165, 1.54) is 96.7 Å². The van der Waals surface area contributed by atoms with Crippen LogP contribution in [0, 0.1) is 17.8 Å². The van der Waals surface area contributed by atoms with Crippen LogP contribution in [0.25, 0.3) is 0 Å². The molecule has 0 fully saturated rings. The zero-order valence-electron chi connectivity index (χ0n) is 18.8. The van der Waals surface area contributed by atoms with Crippen LogP contribution in [-0.4, -0.2) is 24.5 Å². The molecule has 0 bridgehead atoms. The van der Waals surface area contributed by atoms with Gasteiger partial charge in [-0.2, -0.15) is 0 Å². The van der Waals surface area contributed by atoms with E-state index < -0.39 is 0 Å². The molecule has 0 aliphatic heterocycles. The van der Waals surface area contributed by atoms with E-state index in [-0.39, 0.29) is 0 Å². The van der Waals surface area contributed by atoms with Gasteiger partial charge in [0.05, 0.1) is 0 Å². The van der Waals surface area contributed by atoms with Crippen molar-refractivity contribution in [2.45, 2.75) is 119 Å². The molecule has 0 atom stereocenters. The summed E-state index contributed by atoms with van der Waals surface area (Å²) < 4.78 is 0. The molecule has 0 radical (unpaired) electrons. The van der Waals surface area contributed by atoms with Gasteiger partial charge >= 0.3 is 0 Å². The van der Waals surface area contributed by atoms with Crippen LogP contribution in [0.1, 0.15) is 119 Å². The van der Waals surface area contributed by atoms with Gasteiger partial charge < -0.3 is 4.90 Å². The first-order chi connectivity index (χ1) is 11.9. The fourth-order valence-electron chi connectivity index (χ4n) is 3.53. The number of unbranched alkanes of at least 4 members (excludes halogenated alkanes) is 6. The summed E-state index contributed by atoms with van der Waals surface area (Å²) in [5, 5.41) is 0. The second kappa shape index (κ2) is 17.4. The lowest BCUT2D eigenvalue weighted by molar-refractivity contribution is 0.252. The molecule has 0 aromatic carbocycles. The Morgan fingerprint density at radius 2 is 0.680 bits per heavy atom. The molecule has 1 heteroatoms. The molecule has 152 valence electrons. The van der Waals surface area contributed by atoms with Crippen LogP contribution in [0.3, 0.4) is 0 Å². The standard InChI is InChI=1S/C24H51N/c1-22(2)16-10-7-13-19-25(20-14-8-11-17-23(3)4)21-15-9-12-18-24(5)6/h22-24H,7-21H2,1-6H3. The van der Waals surface area contributed by atoms with Crippen LogP contribution in [0.4, 0.5) is 0 Å². The quantitative estimate of drug-likeness (QED) is 0.226. The SMILES string of the molecule is CC(C)CCCCCN(CCCCCC(C)C)CCCCCC(C)C. The molecule has 0 heterocycles. The molecule has 0 aromatic rings. The molecule has 25 heavy (non-hydrogen) atoms. The van der Waals surface area contributed by atoms with Gasteiger partial charge in [-0.3, -0.25) is 0 Å². The second-order valence-corrected chi connectivity index (χ2v) is 9.57. The Morgan fingerprint density at radius 1 is 0.400 bits per heavy atom. The predicted octanol–water partition coefficient (Wildman–Crippen LogP) is 7.94. The largest absolute Gasteiger partial charge is 0.303 e. The van der Waals surface area contributed by atoms with Crippen molar-refractivity contribution in [1.29, 1.82) is 0 Å². The summed E-state index contributed by atoms with van der Waals surface area (Å²) in [7, 11) is 0. The van der Waals surface area contributed by atoms with Gasteiger partial charge in [-0.25, -0.2) is 0 Å². The molecule has 0 unspecified atom stereocenters. The minimum absolute atomic E-state index is 0.873. The topological polar surface area (TPSA) is 3.24 Å². The van der Waals surface area contributed by atoms with E-state index in [4.69, 9.17) is 0 Å². The molecule has 0 spiro atoms. The molecule has 0 aromatic heterocycles. The van der Waals surface area contributed by atoms with Crippen LogP contribution < -0.4 is 0 Å². The molecule has 0 rings (SSSR count). The Bertz CT molecular complexity index is 214. The van der Waals surface area contributed by atoms with Crippen LogP contribution in [0.2, 0.25) is 0 Å². The summed E-state index contributed by atoms with van der Waals surface area (Å²) >= 11 is 0. The third-order valence-electron chi connectivity index (χ3n) is 5.27. The smallest absolute Gasteiger partial charge is 0.00187 e. The summed E-state index contributed by atoms with van der Waals surface area (Å²) in [6.45, 7) is 18.1. The van der Waals surface area contributed by atoms with E-state index >= 15 is 0 Å². The minimum atomic E-state index is 0.873. The zero-order chi connectivity index (χ0) is 18.9. The fraction of sp³-hybridized carbons (Fsp3) is 1.00. The first-order valence-electron chi connectivity index (χ1n) is 11.6. The number of rotatable bonds is 18. The van der Waals surface area contributed by atoms with E-state index in [1.807, 2.05) is 0 Å². The van der Waals surface area contributed by atoms with Crippen molar-refractivity contribution < 1.29 is 0 Å². The highest BCUT2D eigenvalue weighted by Gasteiger charge is 2.06. The van der Waals surface area contributed by atoms with Crippen molar-refractivity contribution >= 4 is 0 Å². The molecule has 0 saturated heterocycles. The Labute approximate surface area is 161 Å². The average Bonchev–Trinajstić information content (AvgIpc) is 2.52. The van der Waals surface area contributed by atoms with Gasteiger partial charge in [0.2, 0.25) is 0 Å². The first-order valence-corrected chi connectivity index (χ1v) is 11.6. The van der Waals surface area contributed by atoms with E-state index in [0.717, 1.165) is 17.8 Å². The van der Waals surface area contributed by atoms with Crippen molar-refractivity contribution in [3.05, 3.63) is 0 Å². The van der Waals surface area contributed by atoms with E-state index in [9.17, 15) is 0 Å². The monoisotopic (exact) mass is 353 g/mol. The summed E-state index contributed by atoms with van der Waals surface area (Å²) in [5.74, 6) is 2.62. The van der Waals surface area contributed by atoms with E-state index in [0.29, 0.717) is 0 Å². The number of hydrogen-bond donors (Lipinski definition) is 0. The van der Waals surface area contributed by atoms with Gasteiger partial charge in [-0.15, -0.1) is 0 Å². The molecule has 0 aliphatic rings. The lowest BCUT2D eigenvalue weighted by atomic mass is 10.0. The minimum Gasteiger partial charge on any atom is -0.303 e. The summed E-state index contributed by atoms with van der Waals surface area (Å²) in [6, 6.07) is 0. The lowest BCUT2D eigenvalue weighted by Gasteiger charge is -2.22. The molecule has 0 saturated carbocycles. The van der Waals surface area contributed by atoms with Gasteiger partial charge in [0.1, 0.15) is 0 Å². The maximum Gasteiger partial charge on any atom is -0.00187 e. The van der Waals surface area contributed by atoms with Crippen molar-refractivity contribution in [3.8, 4) is 0 Å². The fourth-order valence-corrected chi connectivity index (χ4v) is 3.53. The lowest BCUT2D eigenvalue weighted by Crippen LogP contribution is -2.27. The number of hydrogen-bond acceptors (Lipinski definition) is 1. The molecular formula is C24H51N. The number of nitrogens with zero attached hydrogens (tertiary/aromatic N) is 1. The maximum absolute atomic E-state index is 2.78. The van der Waals surface area contributed by atoms with Crippen LogP contribution in [0.15, 0.2) is 0 Å². The Balaban J connectivity index is 3.87. The molecule has 0 amide bonds. The van der Waals surface area contributed by atoms with Crippen LogP contribution in [0.5, 0.6) is 0 Å². The van der Waals surface area contributed by atoms with Crippen molar-refractivity contribution in [3.63, 3.8) is 0 Å². The third kappa shape index (κ3) is 20.1. The Kier molecular flexibility index (Phi) is 17.3. The molecule has 0 aliphatic carbocycles. The van der Waals surface area contributed by atoms with Gasteiger partial charge in [-0.1, -0.05) is 99.3 Å². The normalized spacial score (nSPS) is 12.2. The van der Waals surface area contributed by atoms with Gasteiger partial charge in [0.15, 0.2) is 0 Å². The molecule has 0 N–H and O–H groups in total. The summed E-state index contributed by atoms with van der Waals surface area (Å²) in [4.78, 5) is 2.78.